The van der Waals surface area contributed by atoms with Gasteiger partial charge in [-0.25, -0.2) is 4.68 Å². The maximum Gasteiger partial charge on any atom is 0.410 e. The Hall–Kier alpha value is -2.45. The zero-order valence-corrected chi connectivity index (χ0v) is 10.4. The van der Waals surface area contributed by atoms with Gasteiger partial charge in [0, 0.05) is 12.5 Å². The number of hydrogen-bond donors (Lipinski definition) is 1. The molecule has 0 bridgehead atoms. The largest absolute Gasteiger partial charge is 0.543 e. The normalized spacial score (nSPS) is 21.7. The summed E-state index contributed by atoms with van der Waals surface area (Å²) in [7, 11) is 0. The number of carboxylic acid groups (broad SMARTS) is 1. The predicted molar refractivity (Wildman–Crippen MR) is 61.3 cm³/mol. The lowest BCUT2D eigenvalue weighted by Gasteiger charge is -2.32. The molecule has 0 saturated carbocycles. The van der Waals surface area contributed by atoms with Gasteiger partial charge in [0.05, 0.1) is 18.3 Å². The fourth-order valence-electron chi connectivity index (χ4n) is 2.35. The van der Waals surface area contributed by atoms with Crippen molar-refractivity contribution in [3.05, 3.63) is 35.9 Å². The van der Waals surface area contributed by atoms with Crippen LogP contribution in [0.5, 0.6) is 0 Å². The summed E-state index contributed by atoms with van der Waals surface area (Å²) in [5.41, 5.74) is -0.549. The quantitative estimate of drug-likeness (QED) is 0.908. The lowest BCUT2D eigenvalue weighted by atomic mass is 10.0. The van der Waals surface area contributed by atoms with Gasteiger partial charge in [-0.15, -0.1) is 0 Å². The lowest BCUT2D eigenvalue weighted by molar-refractivity contribution is -0.255. The number of carbonyl (C=O) groups excluding carboxylic acids is 1. The molecule has 3 rings (SSSR count). The molecule has 1 aliphatic rings. The minimum Gasteiger partial charge on any atom is -0.543 e. The highest BCUT2D eigenvalue weighted by Crippen LogP contribution is 2.43. The van der Waals surface area contributed by atoms with Crippen molar-refractivity contribution in [2.24, 2.45) is 0 Å². The molecule has 9 heteroatoms. The third kappa shape index (κ3) is 2.34. The summed E-state index contributed by atoms with van der Waals surface area (Å²) >= 11 is 0. The fraction of sp³-hybridized carbons (Fsp3) is 0.333. The SMILES string of the molecule is O=C([O-])c1cc2n(n1)C(C(F)(F)F)CC(c1ccco1)N2. The highest BCUT2D eigenvalue weighted by Gasteiger charge is 2.47. The van der Waals surface area contributed by atoms with E-state index in [0.29, 0.717) is 10.4 Å². The molecule has 0 aromatic carbocycles. The molecular weight excluding hydrogens is 291 g/mol. The Bertz CT molecular complexity index is 663. The molecule has 112 valence electrons. The Morgan fingerprint density at radius 2 is 2.29 bits per heavy atom. The third-order valence-electron chi connectivity index (χ3n) is 3.29. The molecule has 1 aliphatic heterocycles. The van der Waals surface area contributed by atoms with E-state index in [1.54, 1.807) is 12.1 Å². The number of fused-ring (bicyclic) bond motifs is 1. The van der Waals surface area contributed by atoms with Crippen molar-refractivity contribution in [1.29, 1.82) is 0 Å². The van der Waals surface area contributed by atoms with Gasteiger partial charge < -0.3 is 19.6 Å². The monoisotopic (exact) mass is 300 g/mol. The molecule has 3 heterocycles. The van der Waals surface area contributed by atoms with Gasteiger partial charge in [0.1, 0.15) is 17.3 Å². The van der Waals surface area contributed by atoms with Crippen LogP contribution in [-0.4, -0.2) is 21.9 Å². The summed E-state index contributed by atoms with van der Waals surface area (Å²) in [4.78, 5) is 10.8. The smallest absolute Gasteiger partial charge is 0.410 e. The second-order valence-electron chi connectivity index (χ2n) is 4.65. The molecule has 0 fully saturated rings. The molecule has 21 heavy (non-hydrogen) atoms. The number of halogens is 3. The van der Waals surface area contributed by atoms with E-state index in [1.165, 1.54) is 6.26 Å². The molecule has 0 aliphatic carbocycles. The first-order valence-electron chi connectivity index (χ1n) is 6.04. The molecule has 0 amide bonds. The fourth-order valence-corrected chi connectivity index (χ4v) is 2.35. The van der Waals surface area contributed by atoms with Crippen LogP contribution in [0.25, 0.3) is 0 Å². The van der Waals surface area contributed by atoms with E-state index in [0.717, 1.165) is 6.07 Å². The predicted octanol–water partition coefficient (Wildman–Crippen LogP) is 1.50. The molecule has 1 N–H and O–H groups in total. The van der Waals surface area contributed by atoms with E-state index >= 15 is 0 Å². The first-order valence-corrected chi connectivity index (χ1v) is 6.04. The number of anilines is 1. The molecular formula is C12H9F3N3O3-. The summed E-state index contributed by atoms with van der Waals surface area (Å²) in [5.74, 6) is -1.33. The molecule has 0 saturated heterocycles. The standard InChI is InChI=1S/C12H10F3N3O3/c13-12(14,15)9-4-6(8-2-1-3-21-8)16-10-5-7(11(19)20)17-18(9)10/h1-3,5-6,9,16H,4H2,(H,19,20)/p-1. The summed E-state index contributed by atoms with van der Waals surface area (Å²) in [5, 5.41) is 17.0. The van der Waals surface area contributed by atoms with Crippen LogP contribution in [0.15, 0.2) is 28.9 Å². The average Bonchev–Trinajstić information content (AvgIpc) is 3.05. The van der Waals surface area contributed by atoms with E-state index in [4.69, 9.17) is 4.42 Å². The summed E-state index contributed by atoms with van der Waals surface area (Å²) in [6.07, 6.45) is -3.55. The topological polar surface area (TPSA) is 83.1 Å². The third-order valence-corrected chi connectivity index (χ3v) is 3.29. The minimum absolute atomic E-state index is 0.0378. The second-order valence-corrected chi connectivity index (χ2v) is 4.65. The first-order chi connectivity index (χ1) is 9.86. The van der Waals surface area contributed by atoms with Crippen LogP contribution in [0, 0.1) is 0 Å². The van der Waals surface area contributed by atoms with Crippen molar-refractivity contribution in [2.75, 3.05) is 5.32 Å². The number of nitrogens with one attached hydrogen (secondary N) is 1. The summed E-state index contributed by atoms with van der Waals surface area (Å²) < 4.78 is 45.2. The van der Waals surface area contributed by atoms with E-state index < -0.39 is 29.9 Å². The second kappa shape index (κ2) is 4.54. The molecule has 0 spiro atoms. The first kappa shape index (κ1) is 13.5. The van der Waals surface area contributed by atoms with Crippen LogP contribution in [0.4, 0.5) is 19.0 Å². The van der Waals surface area contributed by atoms with Crippen molar-refractivity contribution >= 4 is 11.8 Å². The molecule has 2 aromatic heterocycles. The van der Waals surface area contributed by atoms with Crippen LogP contribution < -0.4 is 10.4 Å². The van der Waals surface area contributed by atoms with Crippen molar-refractivity contribution in [3.63, 3.8) is 0 Å². The number of nitrogens with zero attached hydrogens (tertiary/aromatic N) is 2. The maximum atomic E-state index is 13.2. The van der Waals surface area contributed by atoms with Crippen molar-refractivity contribution in [1.82, 2.24) is 9.78 Å². The van der Waals surface area contributed by atoms with E-state index in [1.807, 2.05) is 0 Å². The van der Waals surface area contributed by atoms with E-state index in [2.05, 4.69) is 10.4 Å². The van der Waals surface area contributed by atoms with Crippen molar-refractivity contribution in [3.8, 4) is 0 Å². The molecule has 2 unspecified atom stereocenters. The number of alkyl halides is 3. The van der Waals surface area contributed by atoms with Gasteiger partial charge in [0.15, 0.2) is 6.04 Å². The van der Waals surface area contributed by atoms with Gasteiger partial charge in [-0.05, 0) is 12.1 Å². The van der Waals surface area contributed by atoms with E-state index in [-0.39, 0.29) is 12.2 Å². The average molecular weight is 300 g/mol. The van der Waals surface area contributed by atoms with Gasteiger partial charge in [-0.2, -0.15) is 18.3 Å². The number of carbonyl (C=O) groups is 1. The zero-order chi connectivity index (χ0) is 15.2. The van der Waals surface area contributed by atoms with Gasteiger partial charge in [0.25, 0.3) is 0 Å². The molecule has 0 radical (unpaired) electrons. The molecule has 6 nitrogen and oxygen atoms in total. The zero-order valence-electron chi connectivity index (χ0n) is 10.4. The Morgan fingerprint density at radius 1 is 1.52 bits per heavy atom. The maximum absolute atomic E-state index is 13.2. The number of aromatic nitrogens is 2. The van der Waals surface area contributed by atoms with E-state index in [9.17, 15) is 23.1 Å². The van der Waals surface area contributed by atoms with Gasteiger partial charge in [0.2, 0.25) is 0 Å². The van der Waals surface area contributed by atoms with Gasteiger partial charge in [-0.1, -0.05) is 0 Å². The number of rotatable bonds is 2. The van der Waals surface area contributed by atoms with Crippen molar-refractivity contribution < 1.29 is 27.5 Å². The van der Waals surface area contributed by atoms with Gasteiger partial charge in [-0.3, -0.25) is 0 Å². The number of carboxylic acids is 1. The number of furan rings is 1. The van der Waals surface area contributed by atoms with Crippen LogP contribution in [0.1, 0.15) is 34.8 Å². The van der Waals surface area contributed by atoms with Crippen molar-refractivity contribution in [2.45, 2.75) is 24.7 Å². The Morgan fingerprint density at radius 3 is 2.86 bits per heavy atom. The van der Waals surface area contributed by atoms with Crippen LogP contribution in [0.2, 0.25) is 0 Å². The Labute approximate surface area is 116 Å². The summed E-state index contributed by atoms with van der Waals surface area (Å²) in [6, 6.07) is 1.49. The number of hydrogen-bond acceptors (Lipinski definition) is 5. The highest BCUT2D eigenvalue weighted by molar-refractivity contribution is 5.84. The van der Waals surface area contributed by atoms with Crippen LogP contribution in [-0.2, 0) is 0 Å². The minimum atomic E-state index is -4.56. The number of aromatic carboxylic acids is 1. The van der Waals surface area contributed by atoms with Crippen LogP contribution >= 0.6 is 0 Å². The lowest BCUT2D eigenvalue weighted by Crippen LogP contribution is -2.35. The Kier molecular flexibility index (Phi) is 2.92. The molecule has 2 atom stereocenters. The highest BCUT2D eigenvalue weighted by atomic mass is 19.4. The van der Waals surface area contributed by atoms with Crippen LogP contribution in [0.3, 0.4) is 0 Å². The summed E-state index contributed by atoms with van der Waals surface area (Å²) in [6.45, 7) is 0. The Balaban J connectivity index is 2.03. The molecule has 2 aromatic rings. The van der Waals surface area contributed by atoms with Gasteiger partial charge >= 0.3 is 6.18 Å².